The minimum Gasteiger partial charge on any atom is -0.0885 e. The number of halogens is 2. The molecule has 0 nitrogen and oxygen atoms in total. The van der Waals surface area contributed by atoms with E-state index in [9.17, 15) is 0 Å². The molecule has 0 aromatic heterocycles. The third-order valence-electron chi connectivity index (χ3n) is 7.17. The maximum atomic E-state index is 7.17. The molecule has 0 aliphatic heterocycles. The molecule has 3 heteroatoms. The Morgan fingerprint density at radius 1 is 0.600 bits per heavy atom. The van der Waals surface area contributed by atoms with E-state index in [1.807, 2.05) is 0 Å². The smallest absolute Gasteiger partial charge is 0.0885 e. The minimum absolute atomic E-state index is 0.176. The van der Waals surface area contributed by atoms with Crippen molar-refractivity contribution in [2.45, 2.75) is 31.5 Å². The van der Waals surface area contributed by atoms with Crippen molar-refractivity contribution in [1.82, 2.24) is 0 Å². The Morgan fingerprint density at radius 2 is 1.00 bits per heavy atom. The molecule has 2 aliphatic carbocycles. The van der Waals surface area contributed by atoms with Crippen LogP contribution in [0.3, 0.4) is 0 Å². The number of fused-ring (bicyclic) bond motifs is 2. The summed E-state index contributed by atoms with van der Waals surface area (Å²) in [6.45, 7) is 6.80. The van der Waals surface area contributed by atoms with Crippen LogP contribution in [0.25, 0.3) is 11.1 Å². The standard InChI is InChI=1S/C27H24Cl2Si/c1-17-20-13-7-9-15-22(20)26(24(17)28)30(3,19-11-5-4-6-12-19)27-23-16-10-8-14-21(23)18(2)25(27)29/h4-16,26-27H,1-3H3. The molecule has 0 fully saturated rings. The number of hydrogen-bond donors (Lipinski definition) is 0. The number of rotatable bonds is 3. The third kappa shape index (κ3) is 2.66. The topological polar surface area (TPSA) is 0 Å². The SMILES string of the molecule is CC1=C(Cl)C([Si](C)(c2ccccc2)C2C(Cl)=C(C)c3ccccc32)c2ccccc21. The molecule has 150 valence electrons. The highest BCUT2D eigenvalue weighted by Crippen LogP contribution is 2.56. The lowest BCUT2D eigenvalue weighted by Gasteiger charge is -2.41. The van der Waals surface area contributed by atoms with Gasteiger partial charge in [0.2, 0.25) is 0 Å². The molecule has 3 aromatic carbocycles. The van der Waals surface area contributed by atoms with Gasteiger partial charge in [-0.3, -0.25) is 0 Å². The number of hydrogen-bond acceptors (Lipinski definition) is 0. The summed E-state index contributed by atoms with van der Waals surface area (Å²) in [5.41, 5.74) is 8.03. The number of benzene rings is 3. The molecular weight excluding hydrogens is 423 g/mol. The molecule has 2 unspecified atom stereocenters. The zero-order valence-electron chi connectivity index (χ0n) is 17.4. The first kappa shape index (κ1) is 19.9. The van der Waals surface area contributed by atoms with E-state index in [1.165, 1.54) is 38.6 Å². The molecule has 0 heterocycles. The van der Waals surface area contributed by atoms with Crippen LogP contribution in [0.5, 0.6) is 0 Å². The Balaban J connectivity index is 1.83. The zero-order valence-corrected chi connectivity index (χ0v) is 19.9. The molecule has 30 heavy (non-hydrogen) atoms. The van der Waals surface area contributed by atoms with Gasteiger partial charge in [-0.05, 0) is 47.2 Å². The molecule has 2 atom stereocenters. The summed E-state index contributed by atoms with van der Waals surface area (Å²) in [5, 5.41) is 3.37. The van der Waals surface area contributed by atoms with Crippen molar-refractivity contribution >= 4 is 47.6 Å². The first-order valence-electron chi connectivity index (χ1n) is 10.4. The van der Waals surface area contributed by atoms with Crippen LogP contribution in [-0.4, -0.2) is 8.07 Å². The third-order valence-corrected chi connectivity index (χ3v) is 13.7. The molecule has 0 saturated heterocycles. The maximum Gasteiger partial charge on any atom is 0.110 e. The van der Waals surface area contributed by atoms with Crippen LogP contribution in [0.15, 0.2) is 88.9 Å². The predicted molar refractivity (Wildman–Crippen MR) is 133 cm³/mol. The maximum absolute atomic E-state index is 7.17. The molecule has 0 spiro atoms. The molecule has 0 radical (unpaired) electrons. The molecule has 0 bridgehead atoms. The van der Waals surface area contributed by atoms with Crippen LogP contribution in [0, 0.1) is 0 Å². The van der Waals surface area contributed by atoms with E-state index in [4.69, 9.17) is 23.2 Å². The Bertz CT molecular complexity index is 1130. The van der Waals surface area contributed by atoms with Crippen LogP contribution >= 0.6 is 23.2 Å². The summed E-state index contributed by atoms with van der Waals surface area (Å²) >= 11 is 14.3. The van der Waals surface area contributed by atoms with Crippen molar-refractivity contribution in [2.75, 3.05) is 0 Å². The zero-order chi connectivity index (χ0) is 21.0. The van der Waals surface area contributed by atoms with Gasteiger partial charge < -0.3 is 0 Å². The molecular formula is C27H24Cl2Si. The van der Waals surface area contributed by atoms with Gasteiger partial charge in [-0.2, -0.15) is 0 Å². The quantitative estimate of drug-likeness (QED) is 0.363. The lowest BCUT2D eigenvalue weighted by atomic mass is 10.1. The van der Waals surface area contributed by atoms with E-state index in [0.717, 1.165) is 10.1 Å². The van der Waals surface area contributed by atoms with Gasteiger partial charge >= 0.3 is 0 Å². The van der Waals surface area contributed by atoms with Gasteiger partial charge in [0.1, 0.15) is 8.07 Å². The minimum atomic E-state index is -2.35. The second kappa shape index (κ2) is 7.27. The van der Waals surface area contributed by atoms with Crippen molar-refractivity contribution in [2.24, 2.45) is 0 Å². The highest BCUT2D eigenvalue weighted by atomic mass is 35.5. The summed E-state index contributed by atoms with van der Waals surface area (Å²) in [6.07, 6.45) is 0. The first-order chi connectivity index (χ1) is 14.5. The van der Waals surface area contributed by atoms with Gasteiger partial charge in [0.15, 0.2) is 0 Å². The lowest BCUT2D eigenvalue weighted by molar-refractivity contribution is 1.04. The molecule has 2 aliphatic rings. The lowest BCUT2D eigenvalue weighted by Crippen LogP contribution is -2.55. The summed E-state index contributed by atoms with van der Waals surface area (Å²) in [7, 11) is -2.35. The largest absolute Gasteiger partial charge is 0.110 e. The fourth-order valence-corrected chi connectivity index (χ4v) is 12.6. The fourth-order valence-electron chi connectivity index (χ4n) is 5.61. The Kier molecular flexibility index (Phi) is 4.81. The predicted octanol–water partition coefficient (Wildman–Crippen LogP) is 7.59. The van der Waals surface area contributed by atoms with Crippen molar-refractivity contribution in [1.29, 1.82) is 0 Å². The normalized spacial score (nSPS) is 22.2. The van der Waals surface area contributed by atoms with Gasteiger partial charge in [0, 0.05) is 21.1 Å². The Morgan fingerprint density at radius 3 is 1.47 bits per heavy atom. The Hall–Kier alpha value is -2.06. The monoisotopic (exact) mass is 446 g/mol. The van der Waals surface area contributed by atoms with Crippen molar-refractivity contribution < 1.29 is 0 Å². The second-order valence-electron chi connectivity index (χ2n) is 8.64. The Labute approximate surface area is 189 Å². The van der Waals surface area contributed by atoms with Gasteiger partial charge in [0.25, 0.3) is 0 Å². The molecule has 5 rings (SSSR count). The summed E-state index contributed by atoms with van der Waals surface area (Å²) in [6, 6.07) is 28.4. The fraction of sp³-hybridized carbons (Fsp3) is 0.185. The van der Waals surface area contributed by atoms with Crippen molar-refractivity contribution in [3.8, 4) is 0 Å². The average Bonchev–Trinajstić information content (AvgIpc) is 3.19. The van der Waals surface area contributed by atoms with E-state index in [2.05, 4.69) is 99.3 Å². The highest BCUT2D eigenvalue weighted by molar-refractivity contribution is 6.95. The molecule has 3 aromatic rings. The molecule has 0 amide bonds. The van der Waals surface area contributed by atoms with Gasteiger partial charge in [-0.1, -0.05) is 114 Å². The number of allylic oxidation sites excluding steroid dienone is 4. The van der Waals surface area contributed by atoms with E-state index < -0.39 is 8.07 Å². The van der Waals surface area contributed by atoms with E-state index in [-0.39, 0.29) is 11.1 Å². The molecule has 0 saturated carbocycles. The molecule has 0 N–H and O–H groups in total. The summed E-state index contributed by atoms with van der Waals surface area (Å²) < 4.78 is 0. The highest BCUT2D eigenvalue weighted by Gasteiger charge is 2.53. The second-order valence-corrected chi connectivity index (χ2v) is 13.7. The van der Waals surface area contributed by atoms with Gasteiger partial charge in [-0.15, -0.1) is 0 Å². The summed E-state index contributed by atoms with van der Waals surface area (Å²) in [4.78, 5) is 0. The van der Waals surface area contributed by atoms with Crippen molar-refractivity contribution in [3.63, 3.8) is 0 Å². The van der Waals surface area contributed by atoms with E-state index in [0.29, 0.717) is 0 Å². The van der Waals surface area contributed by atoms with Crippen LogP contribution < -0.4 is 5.19 Å². The first-order valence-corrected chi connectivity index (χ1v) is 13.8. The average molecular weight is 447 g/mol. The van der Waals surface area contributed by atoms with Gasteiger partial charge in [0.05, 0.1) is 0 Å². The summed E-state index contributed by atoms with van der Waals surface area (Å²) in [5.74, 6) is 0. The van der Waals surface area contributed by atoms with Crippen LogP contribution in [-0.2, 0) is 0 Å². The van der Waals surface area contributed by atoms with Crippen LogP contribution in [0.4, 0.5) is 0 Å². The van der Waals surface area contributed by atoms with Crippen molar-refractivity contribution in [3.05, 3.63) is 111 Å². The van der Waals surface area contributed by atoms with E-state index in [1.54, 1.807) is 0 Å². The van der Waals surface area contributed by atoms with E-state index >= 15 is 0 Å². The van der Waals surface area contributed by atoms with Gasteiger partial charge in [-0.25, -0.2) is 0 Å². The van der Waals surface area contributed by atoms with Crippen LogP contribution in [0.2, 0.25) is 6.55 Å². The van der Waals surface area contributed by atoms with Crippen LogP contribution in [0.1, 0.15) is 47.2 Å².